The highest BCUT2D eigenvalue weighted by atomic mass is 79.9. The molecule has 1 heterocycles. The van der Waals surface area contributed by atoms with Gasteiger partial charge < -0.3 is 0 Å². The van der Waals surface area contributed by atoms with E-state index in [1.165, 1.54) is 6.07 Å². The molecule has 0 amide bonds. The Morgan fingerprint density at radius 1 is 1.33 bits per heavy atom. The van der Waals surface area contributed by atoms with Crippen LogP contribution in [0.5, 0.6) is 0 Å². The molecule has 0 saturated carbocycles. The predicted molar refractivity (Wildman–Crippen MR) is 71.1 cm³/mol. The van der Waals surface area contributed by atoms with Gasteiger partial charge in [0.05, 0.1) is 10.0 Å². The van der Waals surface area contributed by atoms with E-state index in [1.807, 2.05) is 6.92 Å². The van der Waals surface area contributed by atoms with Crippen LogP contribution in [-0.4, -0.2) is 10.8 Å². The third-order valence-electron chi connectivity index (χ3n) is 2.73. The molecule has 2 rings (SSSR count). The summed E-state index contributed by atoms with van der Waals surface area (Å²) in [5.41, 5.74) is 1.40. The van der Waals surface area contributed by atoms with Gasteiger partial charge in [-0.05, 0) is 46.1 Å². The molecule has 2 aromatic rings. The molecular formula is C14H11BrFNO. The summed E-state index contributed by atoms with van der Waals surface area (Å²) in [5, 5.41) is 0. The third-order valence-corrected chi connectivity index (χ3v) is 3.34. The topological polar surface area (TPSA) is 30.0 Å². The van der Waals surface area contributed by atoms with E-state index in [2.05, 4.69) is 20.9 Å². The number of carbonyl (C=O) groups excluding carboxylic acids is 1. The number of halogens is 2. The van der Waals surface area contributed by atoms with Gasteiger partial charge in [-0.2, -0.15) is 0 Å². The number of aromatic nitrogens is 1. The molecule has 0 radical (unpaired) electrons. The van der Waals surface area contributed by atoms with Crippen LogP contribution >= 0.6 is 15.9 Å². The number of ketones is 1. The first-order chi connectivity index (χ1) is 8.65. The molecule has 4 heteroatoms. The number of hydrogen-bond acceptors (Lipinski definition) is 2. The standard InChI is InChI=1S/C14H11BrFNO/c1-2-9-8-17-7-6-10(9)14(18)11-4-3-5-12(15)13(11)16/h3-8H,2H2,1H3. The number of aryl methyl sites for hydroxylation is 1. The third kappa shape index (κ3) is 2.34. The highest BCUT2D eigenvalue weighted by molar-refractivity contribution is 9.10. The predicted octanol–water partition coefficient (Wildman–Crippen LogP) is 3.78. The van der Waals surface area contributed by atoms with Crippen molar-refractivity contribution in [3.8, 4) is 0 Å². The molecule has 92 valence electrons. The maximum Gasteiger partial charge on any atom is 0.196 e. The molecule has 0 atom stereocenters. The smallest absolute Gasteiger partial charge is 0.196 e. The van der Waals surface area contributed by atoms with Crippen LogP contribution in [0.3, 0.4) is 0 Å². The largest absolute Gasteiger partial charge is 0.288 e. The number of carbonyl (C=O) groups is 1. The fourth-order valence-electron chi connectivity index (χ4n) is 1.75. The Morgan fingerprint density at radius 2 is 2.11 bits per heavy atom. The van der Waals surface area contributed by atoms with E-state index in [9.17, 15) is 9.18 Å². The molecule has 1 aromatic carbocycles. The van der Waals surface area contributed by atoms with E-state index in [0.717, 1.165) is 5.56 Å². The minimum Gasteiger partial charge on any atom is -0.288 e. The van der Waals surface area contributed by atoms with Crippen molar-refractivity contribution in [3.05, 3.63) is 63.6 Å². The van der Waals surface area contributed by atoms with Gasteiger partial charge in [0, 0.05) is 18.0 Å². The van der Waals surface area contributed by atoms with E-state index in [1.54, 1.807) is 30.6 Å². The quantitative estimate of drug-likeness (QED) is 0.808. The minimum atomic E-state index is -0.527. The van der Waals surface area contributed by atoms with E-state index >= 15 is 0 Å². The van der Waals surface area contributed by atoms with Crippen LogP contribution in [0.15, 0.2) is 41.1 Å². The van der Waals surface area contributed by atoms with Crippen molar-refractivity contribution in [2.24, 2.45) is 0 Å². The second-order valence-corrected chi connectivity index (χ2v) is 4.67. The lowest BCUT2D eigenvalue weighted by atomic mass is 9.98. The SMILES string of the molecule is CCc1cnccc1C(=O)c1cccc(Br)c1F. The van der Waals surface area contributed by atoms with Gasteiger partial charge in [-0.3, -0.25) is 9.78 Å². The Kier molecular flexibility index (Phi) is 3.87. The first kappa shape index (κ1) is 12.9. The Bertz CT molecular complexity index is 598. The van der Waals surface area contributed by atoms with Gasteiger partial charge in [0.2, 0.25) is 0 Å². The maximum atomic E-state index is 13.9. The van der Waals surface area contributed by atoms with Gasteiger partial charge in [0.15, 0.2) is 5.78 Å². The van der Waals surface area contributed by atoms with Crippen LogP contribution in [0.4, 0.5) is 4.39 Å². The maximum absolute atomic E-state index is 13.9. The number of pyridine rings is 1. The molecule has 0 aliphatic heterocycles. The van der Waals surface area contributed by atoms with Crippen LogP contribution in [0.2, 0.25) is 0 Å². The van der Waals surface area contributed by atoms with Crippen molar-refractivity contribution in [3.63, 3.8) is 0 Å². The van der Waals surface area contributed by atoms with Crippen molar-refractivity contribution < 1.29 is 9.18 Å². The number of rotatable bonds is 3. The lowest BCUT2D eigenvalue weighted by Gasteiger charge is -2.07. The first-order valence-electron chi connectivity index (χ1n) is 5.56. The Labute approximate surface area is 113 Å². The summed E-state index contributed by atoms with van der Waals surface area (Å²) < 4.78 is 14.2. The summed E-state index contributed by atoms with van der Waals surface area (Å²) in [6, 6.07) is 6.33. The lowest BCUT2D eigenvalue weighted by Crippen LogP contribution is -2.08. The molecule has 0 aliphatic rings. The number of nitrogens with zero attached hydrogens (tertiary/aromatic N) is 1. The number of hydrogen-bond donors (Lipinski definition) is 0. The van der Waals surface area contributed by atoms with E-state index < -0.39 is 5.82 Å². The Balaban J connectivity index is 2.52. The summed E-state index contributed by atoms with van der Waals surface area (Å²) in [5.74, 6) is -0.839. The number of benzene rings is 1. The van der Waals surface area contributed by atoms with Gasteiger partial charge in [-0.25, -0.2) is 4.39 Å². The second-order valence-electron chi connectivity index (χ2n) is 3.82. The summed E-state index contributed by atoms with van der Waals surface area (Å²) in [7, 11) is 0. The van der Waals surface area contributed by atoms with Gasteiger partial charge in [-0.15, -0.1) is 0 Å². The van der Waals surface area contributed by atoms with Gasteiger partial charge >= 0.3 is 0 Å². The van der Waals surface area contributed by atoms with E-state index in [4.69, 9.17) is 0 Å². The molecule has 0 aliphatic carbocycles. The molecule has 0 fully saturated rings. The Hall–Kier alpha value is -1.55. The van der Waals surface area contributed by atoms with Crippen molar-refractivity contribution in [2.75, 3.05) is 0 Å². The highest BCUT2D eigenvalue weighted by Gasteiger charge is 2.17. The van der Waals surface area contributed by atoms with Crippen molar-refractivity contribution >= 4 is 21.7 Å². The highest BCUT2D eigenvalue weighted by Crippen LogP contribution is 2.22. The van der Waals surface area contributed by atoms with Crippen molar-refractivity contribution in [2.45, 2.75) is 13.3 Å². The second kappa shape index (κ2) is 5.40. The molecular weight excluding hydrogens is 297 g/mol. The summed E-state index contributed by atoms with van der Waals surface area (Å²) in [6.07, 6.45) is 3.87. The monoisotopic (exact) mass is 307 g/mol. The zero-order valence-electron chi connectivity index (χ0n) is 9.78. The summed E-state index contributed by atoms with van der Waals surface area (Å²) in [6.45, 7) is 1.94. The molecule has 2 nitrogen and oxygen atoms in total. The van der Waals surface area contributed by atoms with Gasteiger partial charge in [0.25, 0.3) is 0 Å². The molecule has 18 heavy (non-hydrogen) atoms. The molecule has 0 spiro atoms. The van der Waals surface area contributed by atoms with Crippen LogP contribution in [0.25, 0.3) is 0 Å². The fourth-order valence-corrected chi connectivity index (χ4v) is 2.12. The summed E-state index contributed by atoms with van der Waals surface area (Å²) >= 11 is 3.08. The average Bonchev–Trinajstić information content (AvgIpc) is 2.41. The lowest BCUT2D eigenvalue weighted by molar-refractivity contribution is 0.103. The summed E-state index contributed by atoms with van der Waals surface area (Å²) in [4.78, 5) is 16.3. The minimum absolute atomic E-state index is 0.0743. The zero-order valence-corrected chi connectivity index (χ0v) is 11.4. The molecule has 1 aromatic heterocycles. The molecule has 0 unspecified atom stereocenters. The van der Waals surface area contributed by atoms with Gasteiger partial charge in [0.1, 0.15) is 5.82 Å². The normalized spacial score (nSPS) is 10.4. The van der Waals surface area contributed by atoms with Crippen molar-refractivity contribution in [1.29, 1.82) is 0 Å². The van der Waals surface area contributed by atoms with Crippen molar-refractivity contribution in [1.82, 2.24) is 4.98 Å². The molecule has 0 N–H and O–H groups in total. The Morgan fingerprint density at radius 3 is 2.83 bits per heavy atom. The van der Waals surface area contributed by atoms with Crippen LogP contribution in [0, 0.1) is 5.82 Å². The van der Waals surface area contributed by atoms with Crippen LogP contribution in [-0.2, 0) is 6.42 Å². The molecule has 0 bridgehead atoms. The van der Waals surface area contributed by atoms with E-state index in [0.29, 0.717) is 16.5 Å². The van der Waals surface area contributed by atoms with Crippen LogP contribution < -0.4 is 0 Å². The first-order valence-corrected chi connectivity index (χ1v) is 6.36. The van der Waals surface area contributed by atoms with Crippen LogP contribution in [0.1, 0.15) is 28.4 Å². The average molecular weight is 308 g/mol. The van der Waals surface area contributed by atoms with E-state index in [-0.39, 0.29) is 11.3 Å². The molecule has 0 saturated heterocycles. The van der Waals surface area contributed by atoms with Gasteiger partial charge in [-0.1, -0.05) is 13.0 Å². The zero-order chi connectivity index (χ0) is 13.1. The fraction of sp³-hybridized carbons (Fsp3) is 0.143.